The van der Waals surface area contributed by atoms with Gasteiger partial charge in [-0.25, -0.2) is 0 Å². The van der Waals surface area contributed by atoms with Crippen LogP contribution in [0.4, 0.5) is 0 Å². The Morgan fingerprint density at radius 1 is 1.00 bits per heavy atom. The van der Waals surface area contributed by atoms with Gasteiger partial charge in [-0.1, -0.05) is 30.3 Å². The number of aliphatic imine (C=N–C) groups is 1. The topological polar surface area (TPSA) is 49.3 Å². The SMILES string of the molecule is COc1c2c(c(OC)c3c1OCO3)C(c1ccccc1)=N[C@H](C)C2. The van der Waals surface area contributed by atoms with Gasteiger partial charge in [0.15, 0.2) is 11.5 Å². The van der Waals surface area contributed by atoms with E-state index in [1.54, 1.807) is 14.2 Å². The molecule has 0 amide bonds. The van der Waals surface area contributed by atoms with Crippen molar-refractivity contribution in [3.63, 3.8) is 0 Å². The second-order valence-corrected chi connectivity index (χ2v) is 5.88. The molecule has 5 heteroatoms. The maximum Gasteiger partial charge on any atom is 0.231 e. The van der Waals surface area contributed by atoms with Crippen LogP contribution in [-0.2, 0) is 6.42 Å². The molecule has 124 valence electrons. The minimum Gasteiger partial charge on any atom is -0.492 e. The predicted octanol–water partition coefficient (Wildman–Crippen LogP) is 3.21. The minimum atomic E-state index is 0.145. The highest BCUT2D eigenvalue weighted by atomic mass is 16.7. The molecule has 0 N–H and O–H groups in total. The second kappa shape index (κ2) is 5.74. The van der Waals surface area contributed by atoms with Crippen LogP contribution in [0.1, 0.15) is 23.6 Å². The van der Waals surface area contributed by atoms with Crippen molar-refractivity contribution in [2.24, 2.45) is 4.99 Å². The lowest BCUT2D eigenvalue weighted by atomic mass is 9.88. The molecule has 0 radical (unpaired) electrons. The molecule has 1 atom stereocenters. The van der Waals surface area contributed by atoms with Crippen LogP contribution in [0.2, 0.25) is 0 Å². The summed E-state index contributed by atoms with van der Waals surface area (Å²) in [4.78, 5) is 4.89. The molecule has 24 heavy (non-hydrogen) atoms. The Hall–Kier alpha value is -2.69. The first kappa shape index (κ1) is 14.9. The van der Waals surface area contributed by atoms with Gasteiger partial charge in [0.05, 0.1) is 31.5 Å². The number of nitrogens with zero attached hydrogens (tertiary/aromatic N) is 1. The number of hydrogen-bond donors (Lipinski definition) is 0. The average Bonchev–Trinajstić information content (AvgIpc) is 3.09. The second-order valence-electron chi connectivity index (χ2n) is 5.88. The van der Waals surface area contributed by atoms with E-state index in [-0.39, 0.29) is 12.8 Å². The van der Waals surface area contributed by atoms with E-state index in [4.69, 9.17) is 23.9 Å². The molecule has 0 fully saturated rings. The normalized spacial score (nSPS) is 18.0. The van der Waals surface area contributed by atoms with Crippen molar-refractivity contribution in [2.75, 3.05) is 21.0 Å². The van der Waals surface area contributed by atoms with Crippen LogP contribution in [0, 0.1) is 0 Å². The number of benzene rings is 2. The third kappa shape index (κ3) is 2.12. The summed E-state index contributed by atoms with van der Waals surface area (Å²) in [6.45, 7) is 2.26. The number of ether oxygens (including phenoxy) is 4. The zero-order chi connectivity index (χ0) is 16.7. The van der Waals surface area contributed by atoms with Gasteiger partial charge in [0.25, 0.3) is 0 Å². The van der Waals surface area contributed by atoms with Crippen molar-refractivity contribution < 1.29 is 18.9 Å². The molecular weight excluding hydrogens is 306 g/mol. The van der Waals surface area contributed by atoms with Gasteiger partial charge < -0.3 is 18.9 Å². The molecule has 0 unspecified atom stereocenters. The fraction of sp³-hybridized carbons (Fsp3) is 0.316. The fourth-order valence-corrected chi connectivity index (χ4v) is 3.41. The zero-order valence-electron chi connectivity index (χ0n) is 14.0. The highest BCUT2D eigenvalue weighted by Crippen LogP contribution is 2.53. The number of fused-ring (bicyclic) bond motifs is 2. The largest absolute Gasteiger partial charge is 0.492 e. The van der Waals surface area contributed by atoms with E-state index in [0.717, 1.165) is 28.8 Å². The lowest BCUT2D eigenvalue weighted by Crippen LogP contribution is -2.21. The van der Waals surface area contributed by atoms with E-state index in [2.05, 4.69) is 19.1 Å². The van der Waals surface area contributed by atoms with Gasteiger partial charge >= 0.3 is 0 Å². The van der Waals surface area contributed by atoms with Gasteiger partial charge in [-0.05, 0) is 13.3 Å². The van der Waals surface area contributed by atoms with Crippen molar-refractivity contribution in [1.29, 1.82) is 0 Å². The summed E-state index contributed by atoms with van der Waals surface area (Å²) in [6.07, 6.45) is 0.766. The van der Waals surface area contributed by atoms with E-state index in [0.29, 0.717) is 23.0 Å². The molecular formula is C19H19NO4. The molecule has 2 aliphatic heterocycles. The molecule has 5 nitrogen and oxygen atoms in total. The molecule has 0 saturated carbocycles. The predicted molar refractivity (Wildman–Crippen MR) is 90.9 cm³/mol. The molecule has 0 saturated heterocycles. The minimum absolute atomic E-state index is 0.145. The first-order valence-electron chi connectivity index (χ1n) is 7.94. The zero-order valence-corrected chi connectivity index (χ0v) is 14.0. The van der Waals surface area contributed by atoms with Crippen LogP contribution < -0.4 is 18.9 Å². The molecule has 0 spiro atoms. The van der Waals surface area contributed by atoms with Crippen LogP contribution in [0.25, 0.3) is 0 Å². The Bertz CT molecular complexity index is 814. The highest BCUT2D eigenvalue weighted by molar-refractivity contribution is 6.17. The van der Waals surface area contributed by atoms with Crippen molar-refractivity contribution in [2.45, 2.75) is 19.4 Å². The molecule has 0 aliphatic carbocycles. The van der Waals surface area contributed by atoms with Crippen LogP contribution in [0.5, 0.6) is 23.0 Å². The van der Waals surface area contributed by atoms with Gasteiger partial charge in [-0.3, -0.25) is 4.99 Å². The van der Waals surface area contributed by atoms with Gasteiger partial charge in [0.1, 0.15) is 0 Å². The summed E-state index contributed by atoms with van der Waals surface area (Å²) in [5, 5.41) is 0. The molecule has 2 aliphatic rings. The Labute approximate surface area is 140 Å². The lowest BCUT2D eigenvalue weighted by Gasteiger charge is -2.26. The van der Waals surface area contributed by atoms with Gasteiger partial charge in [0.2, 0.25) is 18.3 Å². The summed E-state index contributed by atoms with van der Waals surface area (Å²) in [6, 6.07) is 10.3. The molecule has 4 rings (SSSR count). The Morgan fingerprint density at radius 2 is 1.67 bits per heavy atom. The summed E-state index contributed by atoms with van der Waals surface area (Å²) >= 11 is 0. The first-order valence-corrected chi connectivity index (χ1v) is 7.94. The summed E-state index contributed by atoms with van der Waals surface area (Å²) in [5.41, 5.74) is 3.94. The van der Waals surface area contributed by atoms with Crippen molar-refractivity contribution in [3.8, 4) is 23.0 Å². The van der Waals surface area contributed by atoms with E-state index in [1.165, 1.54) is 0 Å². The Kier molecular flexibility index (Phi) is 3.56. The third-order valence-electron chi connectivity index (χ3n) is 4.37. The average molecular weight is 325 g/mol. The third-order valence-corrected chi connectivity index (χ3v) is 4.37. The molecule has 0 aromatic heterocycles. The van der Waals surface area contributed by atoms with Gasteiger partial charge in [-0.15, -0.1) is 0 Å². The molecule has 2 heterocycles. The van der Waals surface area contributed by atoms with Crippen molar-refractivity contribution in [1.82, 2.24) is 0 Å². The number of methoxy groups -OCH3 is 2. The quantitative estimate of drug-likeness (QED) is 0.869. The maximum absolute atomic E-state index is 5.70. The van der Waals surface area contributed by atoms with Gasteiger partial charge in [0, 0.05) is 11.1 Å². The van der Waals surface area contributed by atoms with Crippen molar-refractivity contribution in [3.05, 3.63) is 47.0 Å². The van der Waals surface area contributed by atoms with E-state index < -0.39 is 0 Å². The summed E-state index contributed by atoms with van der Waals surface area (Å²) in [7, 11) is 3.30. The monoisotopic (exact) mass is 325 g/mol. The maximum atomic E-state index is 5.70. The van der Waals surface area contributed by atoms with Crippen LogP contribution in [-0.4, -0.2) is 32.8 Å². The fourth-order valence-electron chi connectivity index (χ4n) is 3.41. The number of rotatable bonds is 3. The molecule has 2 aromatic rings. The van der Waals surface area contributed by atoms with Crippen LogP contribution in [0.15, 0.2) is 35.3 Å². The summed E-state index contributed by atoms with van der Waals surface area (Å²) < 4.78 is 22.7. The Morgan fingerprint density at radius 3 is 2.33 bits per heavy atom. The van der Waals surface area contributed by atoms with E-state index in [9.17, 15) is 0 Å². The first-order chi connectivity index (χ1) is 11.7. The number of hydrogen-bond acceptors (Lipinski definition) is 5. The van der Waals surface area contributed by atoms with Crippen LogP contribution in [0.3, 0.4) is 0 Å². The lowest BCUT2D eigenvalue weighted by molar-refractivity contribution is 0.168. The smallest absolute Gasteiger partial charge is 0.231 e. The standard InChI is InChI=1S/C19H19NO4/c1-11-9-13-14(15(20-11)12-7-5-4-6-8-12)17(22-3)19-18(16(13)21-2)23-10-24-19/h4-8,11H,9-10H2,1-3H3/t11-/m1/s1. The van der Waals surface area contributed by atoms with E-state index in [1.807, 2.05) is 18.2 Å². The van der Waals surface area contributed by atoms with Crippen molar-refractivity contribution >= 4 is 5.71 Å². The molecule has 2 aromatic carbocycles. The Balaban J connectivity index is 2.04. The van der Waals surface area contributed by atoms with Gasteiger partial charge in [-0.2, -0.15) is 0 Å². The summed E-state index contributed by atoms with van der Waals surface area (Å²) in [5.74, 6) is 2.59. The van der Waals surface area contributed by atoms with E-state index >= 15 is 0 Å². The molecule has 0 bridgehead atoms. The highest BCUT2D eigenvalue weighted by Gasteiger charge is 2.35. The van der Waals surface area contributed by atoms with Crippen LogP contribution >= 0.6 is 0 Å².